The molecular weight excluding hydrogens is 242 g/mol. The second-order valence-electron chi connectivity index (χ2n) is 5.57. The summed E-state index contributed by atoms with van der Waals surface area (Å²) in [6.45, 7) is 4.17. The second-order valence-corrected chi connectivity index (χ2v) is 5.57. The lowest BCUT2D eigenvalue weighted by Gasteiger charge is -2.18. The van der Waals surface area contributed by atoms with Gasteiger partial charge in [-0.2, -0.15) is 0 Å². The van der Waals surface area contributed by atoms with Crippen LogP contribution in [0.15, 0.2) is 12.3 Å². The van der Waals surface area contributed by atoms with Crippen molar-refractivity contribution in [2.75, 3.05) is 5.32 Å². The van der Waals surface area contributed by atoms with Gasteiger partial charge in [0, 0.05) is 12.1 Å². The molecule has 1 heterocycles. The molecule has 1 aliphatic carbocycles. The minimum atomic E-state index is -0.406. The number of hydrogen-bond acceptors (Lipinski definition) is 4. The number of nitrogens with zero attached hydrogens (tertiary/aromatic N) is 2. The maximum atomic E-state index is 10.7. The third-order valence-electron chi connectivity index (χ3n) is 3.87. The molecule has 2 rings (SSSR count). The van der Waals surface area contributed by atoms with E-state index in [4.69, 9.17) is 0 Å². The summed E-state index contributed by atoms with van der Waals surface area (Å²) in [6, 6.07) is 2.02. The van der Waals surface area contributed by atoms with Gasteiger partial charge in [-0.15, -0.1) is 0 Å². The average Bonchev–Trinajstić information content (AvgIpc) is 2.57. The Morgan fingerprint density at radius 1 is 1.37 bits per heavy atom. The van der Waals surface area contributed by atoms with E-state index in [2.05, 4.69) is 17.2 Å². The fraction of sp³-hybridized carbons (Fsp3) is 0.643. The first-order chi connectivity index (χ1) is 9.06. The molecule has 0 spiro atoms. The normalized spacial score (nSPS) is 23.7. The number of hydrogen-bond donors (Lipinski definition) is 1. The molecule has 0 radical (unpaired) electrons. The summed E-state index contributed by atoms with van der Waals surface area (Å²) in [7, 11) is 0. The van der Waals surface area contributed by atoms with Gasteiger partial charge in [-0.25, -0.2) is 4.98 Å². The molecule has 0 bridgehead atoms. The van der Waals surface area contributed by atoms with E-state index in [0.29, 0.717) is 6.04 Å². The number of aryl methyl sites for hydroxylation is 1. The Morgan fingerprint density at radius 3 is 2.84 bits per heavy atom. The van der Waals surface area contributed by atoms with Crippen LogP contribution in [0.3, 0.4) is 0 Å². The van der Waals surface area contributed by atoms with Gasteiger partial charge in [-0.1, -0.05) is 19.8 Å². The number of anilines is 1. The van der Waals surface area contributed by atoms with Crippen LogP contribution in [0.25, 0.3) is 0 Å². The Balaban J connectivity index is 2.04. The van der Waals surface area contributed by atoms with Gasteiger partial charge in [-0.05, 0) is 37.7 Å². The highest BCUT2D eigenvalue weighted by molar-refractivity contribution is 5.48. The standard InChI is InChI=1S/C14H21N3O2/c1-10-4-3-5-12(7-6-10)16-14-11(2)8-13(9-15-14)17(18)19/h8-10,12H,3-7H2,1-2H3,(H,15,16). The van der Waals surface area contributed by atoms with Crippen LogP contribution < -0.4 is 5.32 Å². The van der Waals surface area contributed by atoms with E-state index in [1.165, 1.54) is 25.5 Å². The van der Waals surface area contributed by atoms with Crippen LogP contribution in [0.2, 0.25) is 0 Å². The van der Waals surface area contributed by atoms with Gasteiger partial charge in [0.25, 0.3) is 5.69 Å². The van der Waals surface area contributed by atoms with Gasteiger partial charge in [-0.3, -0.25) is 10.1 Å². The van der Waals surface area contributed by atoms with E-state index in [1.807, 2.05) is 6.92 Å². The summed E-state index contributed by atoms with van der Waals surface area (Å²) in [5, 5.41) is 14.1. The van der Waals surface area contributed by atoms with E-state index < -0.39 is 4.92 Å². The lowest BCUT2D eigenvalue weighted by atomic mass is 10.0. The molecule has 5 heteroatoms. The fourth-order valence-corrected chi connectivity index (χ4v) is 2.64. The van der Waals surface area contributed by atoms with E-state index in [1.54, 1.807) is 6.07 Å². The molecule has 1 saturated carbocycles. The first-order valence-corrected chi connectivity index (χ1v) is 6.94. The van der Waals surface area contributed by atoms with Gasteiger partial charge < -0.3 is 5.32 Å². The van der Waals surface area contributed by atoms with Crippen molar-refractivity contribution >= 4 is 11.5 Å². The average molecular weight is 263 g/mol. The Hall–Kier alpha value is -1.65. The maximum Gasteiger partial charge on any atom is 0.287 e. The van der Waals surface area contributed by atoms with Crippen LogP contribution in [-0.2, 0) is 0 Å². The molecule has 19 heavy (non-hydrogen) atoms. The number of pyridine rings is 1. The topological polar surface area (TPSA) is 68.1 Å². The Kier molecular flexibility index (Phi) is 4.35. The van der Waals surface area contributed by atoms with Crippen LogP contribution >= 0.6 is 0 Å². The third kappa shape index (κ3) is 3.66. The molecule has 2 atom stereocenters. The smallest absolute Gasteiger partial charge is 0.287 e. The largest absolute Gasteiger partial charge is 0.367 e. The number of aromatic nitrogens is 1. The highest BCUT2D eigenvalue weighted by Crippen LogP contribution is 2.26. The maximum absolute atomic E-state index is 10.7. The molecule has 1 aliphatic rings. The fourth-order valence-electron chi connectivity index (χ4n) is 2.64. The highest BCUT2D eigenvalue weighted by atomic mass is 16.6. The first kappa shape index (κ1) is 13.8. The van der Waals surface area contributed by atoms with E-state index in [-0.39, 0.29) is 5.69 Å². The van der Waals surface area contributed by atoms with Crippen molar-refractivity contribution in [1.82, 2.24) is 4.98 Å². The van der Waals surface area contributed by atoms with Crippen LogP contribution in [0.4, 0.5) is 11.5 Å². The summed E-state index contributed by atoms with van der Waals surface area (Å²) in [5.74, 6) is 1.59. The summed E-state index contributed by atoms with van der Waals surface area (Å²) < 4.78 is 0. The van der Waals surface area contributed by atoms with Gasteiger partial charge in [0.05, 0.1) is 4.92 Å². The summed E-state index contributed by atoms with van der Waals surface area (Å²) in [5.41, 5.74) is 0.893. The molecule has 1 aromatic rings. The molecule has 1 N–H and O–H groups in total. The van der Waals surface area contributed by atoms with Crippen molar-refractivity contribution < 1.29 is 4.92 Å². The number of nitro groups is 1. The van der Waals surface area contributed by atoms with Crippen LogP contribution in [-0.4, -0.2) is 15.9 Å². The monoisotopic (exact) mass is 263 g/mol. The van der Waals surface area contributed by atoms with E-state index >= 15 is 0 Å². The van der Waals surface area contributed by atoms with Crippen LogP contribution in [0, 0.1) is 23.0 Å². The number of nitrogens with one attached hydrogen (secondary N) is 1. The number of rotatable bonds is 3. The minimum absolute atomic E-state index is 0.0533. The molecule has 1 aromatic heterocycles. The van der Waals surface area contributed by atoms with E-state index in [9.17, 15) is 10.1 Å². The zero-order chi connectivity index (χ0) is 13.8. The van der Waals surface area contributed by atoms with Crippen LogP contribution in [0.5, 0.6) is 0 Å². The SMILES string of the molecule is Cc1cc([N+](=O)[O-])cnc1NC1CCCC(C)CC1. The predicted molar refractivity (Wildman–Crippen MR) is 75.3 cm³/mol. The molecule has 104 valence electrons. The zero-order valence-electron chi connectivity index (χ0n) is 11.6. The molecule has 1 fully saturated rings. The van der Waals surface area contributed by atoms with Crippen LogP contribution in [0.1, 0.15) is 44.6 Å². The molecular formula is C14H21N3O2. The summed E-state index contributed by atoms with van der Waals surface area (Å²) in [6.07, 6.45) is 7.41. The van der Waals surface area contributed by atoms with Gasteiger partial charge in [0.1, 0.15) is 12.0 Å². The van der Waals surface area contributed by atoms with Crippen molar-refractivity contribution in [2.24, 2.45) is 5.92 Å². The quantitative estimate of drug-likeness (QED) is 0.513. The lowest BCUT2D eigenvalue weighted by Crippen LogP contribution is -2.20. The van der Waals surface area contributed by atoms with Gasteiger partial charge >= 0.3 is 0 Å². The summed E-state index contributed by atoms with van der Waals surface area (Å²) in [4.78, 5) is 14.5. The Labute approximate surface area is 113 Å². The molecule has 0 saturated heterocycles. The van der Waals surface area contributed by atoms with Gasteiger partial charge in [0.2, 0.25) is 0 Å². The molecule has 0 aliphatic heterocycles. The molecule has 0 aromatic carbocycles. The lowest BCUT2D eigenvalue weighted by molar-refractivity contribution is -0.385. The van der Waals surface area contributed by atoms with Crippen molar-refractivity contribution in [3.63, 3.8) is 0 Å². The van der Waals surface area contributed by atoms with Gasteiger partial charge in [0.15, 0.2) is 0 Å². The summed E-state index contributed by atoms with van der Waals surface area (Å²) >= 11 is 0. The highest BCUT2D eigenvalue weighted by Gasteiger charge is 2.17. The van der Waals surface area contributed by atoms with Crippen molar-refractivity contribution in [3.05, 3.63) is 27.9 Å². The van der Waals surface area contributed by atoms with Crippen molar-refractivity contribution in [2.45, 2.75) is 52.0 Å². The minimum Gasteiger partial charge on any atom is -0.367 e. The van der Waals surface area contributed by atoms with E-state index in [0.717, 1.165) is 30.1 Å². The molecule has 2 unspecified atom stereocenters. The van der Waals surface area contributed by atoms with Crippen molar-refractivity contribution in [1.29, 1.82) is 0 Å². The molecule has 5 nitrogen and oxygen atoms in total. The third-order valence-corrected chi connectivity index (χ3v) is 3.87. The molecule has 0 amide bonds. The zero-order valence-corrected chi connectivity index (χ0v) is 11.6. The predicted octanol–water partition coefficient (Wildman–Crippen LogP) is 3.68. The first-order valence-electron chi connectivity index (χ1n) is 6.94. The Bertz CT molecular complexity index is 462. The second kappa shape index (κ2) is 5.99. The van der Waals surface area contributed by atoms with Crippen molar-refractivity contribution in [3.8, 4) is 0 Å². The Morgan fingerprint density at radius 2 is 2.16 bits per heavy atom.